The van der Waals surface area contributed by atoms with E-state index >= 15 is 0 Å². The summed E-state index contributed by atoms with van der Waals surface area (Å²) in [6, 6.07) is 5.14. The van der Waals surface area contributed by atoms with E-state index in [-0.39, 0.29) is 0 Å². The van der Waals surface area contributed by atoms with Gasteiger partial charge in [-0.25, -0.2) is 0 Å². The summed E-state index contributed by atoms with van der Waals surface area (Å²) in [6.07, 6.45) is -4.29. The lowest BCUT2D eigenvalue weighted by molar-refractivity contribution is -0.137. The van der Waals surface area contributed by atoms with Gasteiger partial charge < -0.3 is 0 Å². The van der Waals surface area contributed by atoms with E-state index in [4.69, 9.17) is 0 Å². The second kappa shape index (κ2) is 3.82. The van der Waals surface area contributed by atoms with Crippen molar-refractivity contribution in [3.63, 3.8) is 0 Å². The van der Waals surface area contributed by atoms with E-state index < -0.39 is 11.7 Å². The molecule has 0 bridgehead atoms. The highest BCUT2D eigenvalue weighted by atomic mass is 19.4. The zero-order chi connectivity index (χ0) is 10.8. The Balaban J connectivity index is 3.14. The van der Waals surface area contributed by atoms with Gasteiger partial charge in [-0.15, -0.1) is 0 Å². The highest BCUT2D eigenvalue weighted by molar-refractivity contribution is 5.98. The number of rotatable bonds is 1. The SMILES string of the molecule is CN=C(C)c1cccc(C(F)(F)F)c1. The Labute approximate surface area is 80.3 Å². The fraction of sp³-hybridized carbons (Fsp3) is 0.300. The van der Waals surface area contributed by atoms with Crippen molar-refractivity contribution in [1.82, 2.24) is 0 Å². The molecule has 0 aromatic heterocycles. The van der Waals surface area contributed by atoms with Crippen molar-refractivity contribution >= 4 is 5.71 Å². The van der Waals surface area contributed by atoms with Crippen LogP contribution in [0.25, 0.3) is 0 Å². The summed E-state index contributed by atoms with van der Waals surface area (Å²) in [5, 5.41) is 0. The normalized spacial score (nSPS) is 13.1. The third-order valence-electron chi connectivity index (χ3n) is 1.94. The first-order chi connectivity index (χ1) is 6.45. The Morgan fingerprint density at radius 2 is 1.93 bits per heavy atom. The maximum Gasteiger partial charge on any atom is 0.416 e. The van der Waals surface area contributed by atoms with Crippen LogP contribution in [0.1, 0.15) is 18.1 Å². The molecular weight excluding hydrogens is 191 g/mol. The van der Waals surface area contributed by atoms with Gasteiger partial charge in [-0.05, 0) is 24.6 Å². The average Bonchev–Trinajstić information content (AvgIpc) is 2.15. The summed E-state index contributed by atoms with van der Waals surface area (Å²) in [5.41, 5.74) is 0.455. The van der Waals surface area contributed by atoms with E-state index in [1.54, 1.807) is 20.0 Å². The Bertz CT molecular complexity index is 353. The number of hydrogen-bond acceptors (Lipinski definition) is 1. The molecule has 0 saturated heterocycles. The molecule has 1 nitrogen and oxygen atoms in total. The lowest BCUT2D eigenvalue weighted by Crippen LogP contribution is -2.06. The van der Waals surface area contributed by atoms with E-state index in [9.17, 15) is 13.2 Å². The van der Waals surface area contributed by atoms with Crippen LogP contribution in [0.3, 0.4) is 0 Å². The van der Waals surface area contributed by atoms with Crippen LogP contribution in [0.15, 0.2) is 29.3 Å². The van der Waals surface area contributed by atoms with Crippen LogP contribution in [0.5, 0.6) is 0 Å². The number of benzene rings is 1. The van der Waals surface area contributed by atoms with Gasteiger partial charge in [0.25, 0.3) is 0 Å². The molecule has 0 aliphatic carbocycles. The maximum atomic E-state index is 12.3. The third kappa shape index (κ3) is 2.34. The summed E-state index contributed by atoms with van der Waals surface area (Å²) >= 11 is 0. The van der Waals surface area contributed by atoms with Gasteiger partial charge in [0.2, 0.25) is 0 Å². The van der Waals surface area contributed by atoms with Gasteiger partial charge in [0.1, 0.15) is 0 Å². The van der Waals surface area contributed by atoms with Gasteiger partial charge in [-0.2, -0.15) is 13.2 Å². The quantitative estimate of drug-likeness (QED) is 0.619. The third-order valence-corrected chi connectivity index (χ3v) is 1.94. The minimum Gasteiger partial charge on any atom is -0.293 e. The minimum atomic E-state index is -4.29. The number of alkyl halides is 3. The average molecular weight is 201 g/mol. The first-order valence-electron chi connectivity index (χ1n) is 4.06. The molecule has 0 saturated carbocycles. The van der Waals surface area contributed by atoms with Crippen molar-refractivity contribution < 1.29 is 13.2 Å². The van der Waals surface area contributed by atoms with Crippen molar-refractivity contribution in [3.8, 4) is 0 Å². The van der Waals surface area contributed by atoms with Crippen molar-refractivity contribution in [1.29, 1.82) is 0 Å². The molecule has 0 radical (unpaired) electrons. The van der Waals surface area contributed by atoms with Crippen molar-refractivity contribution in [2.75, 3.05) is 7.05 Å². The molecule has 1 rings (SSSR count). The molecule has 1 aromatic rings. The summed E-state index contributed by atoms with van der Waals surface area (Å²) in [5.74, 6) is 0. The molecule has 1 aromatic carbocycles. The predicted molar refractivity (Wildman–Crippen MR) is 49.6 cm³/mol. The number of nitrogens with zero attached hydrogens (tertiary/aromatic N) is 1. The zero-order valence-electron chi connectivity index (χ0n) is 7.89. The maximum absolute atomic E-state index is 12.3. The molecular formula is C10H10F3N. The molecule has 0 N–H and O–H groups in total. The van der Waals surface area contributed by atoms with Gasteiger partial charge in [-0.3, -0.25) is 4.99 Å². The topological polar surface area (TPSA) is 12.4 Å². The van der Waals surface area contributed by atoms with Crippen molar-refractivity contribution in [2.45, 2.75) is 13.1 Å². The highest BCUT2D eigenvalue weighted by Gasteiger charge is 2.30. The second-order valence-electron chi connectivity index (χ2n) is 2.89. The van der Waals surface area contributed by atoms with E-state index in [1.807, 2.05) is 0 Å². The Morgan fingerprint density at radius 1 is 1.29 bits per heavy atom. The van der Waals surface area contributed by atoms with Crippen LogP contribution in [-0.4, -0.2) is 12.8 Å². The molecule has 0 aliphatic rings. The predicted octanol–water partition coefficient (Wildman–Crippen LogP) is 3.14. The molecule has 14 heavy (non-hydrogen) atoms. The molecule has 0 unspecified atom stereocenters. The van der Waals surface area contributed by atoms with Gasteiger partial charge in [0, 0.05) is 12.8 Å². The first kappa shape index (κ1) is 10.8. The minimum absolute atomic E-state index is 0.502. The van der Waals surface area contributed by atoms with Crippen LogP contribution in [-0.2, 0) is 6.18 Å². The summed E-state index contributed by atoms with van der Waals surface area (Å²) in [6.45, 7) is 1.68. The van der Waals surface area contributed by atoms with E-state index in [1.165, 1.54) is 6.07 Å². The molecule has 0 fully saturated rings. The highest BCUT2D eigenvalue weighted by Crippen LogP contribution is 2.29. The van der Waals surface area contributed by atoms with Crippen LogP contribution >= 0.6 is 0 Å². The van der Waals surface area contributed by atoms with E-state index in [0.717, 1.165) is 12.1 Å². The second-order valence-corrected chi connectivity index (χ2v) is 2.89. The fourth-order valence-corrected chi connectivity index (χ4v) is 1.05. The summed E-state index contributed by atoms with van der Waals surface area (Å²) < 4.78 is 36.9. The van der Waals surface area contributed by atoms with Crippen LogP contribution in [0.4, 0.5) is 13.2 Å². The fourth-order valence-electron chi connectivity index (χ4n) is 1.05. The number of hydrogen-bond donors (Lipinski definition) is 0. The zero-order valence-corrected chi connectivity index (χ0v) is 7.89. The van der Waals surface area contributed by atoms with Gasteiger partial charge >= 0.3 is 6.18 Å². The van der Waals surface area contributed by atoms with Gasteiger partial charge in [0.05, 0.1) is 5.56 Å². The first-order valence-corrected chi connectivity index (χ1v) is 4.06. The summed E-state index contributed by atoms with van der Waals surface area (Å²) in [4.78, 5) is 3.83. The molecule has 0 aliphatic heterocycles. The van der Waals surface area contributed by atoms with Crippen LogP contribution in [0.2, 0.25) is 0 Å². The van der Waals surface area contributed by atoms with Crippen LogP contribution < -0.4 is 0 Å². The molecule has 0 atom stereocenters. The Morgan fingerprint density at radius 3 is 2.43 bits per heavy atom. The summed E-state index contributed by atoms with van der Waals surface area (Å²) in [7, 11) is 1.55. The lowest BCUT2D eigenvalue weighted by Gasteiger charge is -2.07. The van der Waals surface area contributed by atoms with Crippen molar-refractivity contribution in [2.24, 2.45) is 4.99 Å². The van der Waals surface area contributed by atoms with Crippen molar-refractivity contribution in [3.05, 3.63) is 35.4 Å². The van der Waals surface area contributed by atoms with E-state index in [0.29, 0.717) is 11.3 Å². The largest absolute Gasteiger partial charge is 0.416 e. The molecule has 0 amide bonds. The number of halogens is 3. The Kier molecular flexibility index (Phi) is 2.93. The molecule has 76 valence electrons. The monoisotopic (exact) mass is 201 g/mol. The van der Waals surface area contributed by atoms with Crippen LogP contribution in [0, 0.1) is 0 Å². The van der Waals surface area contributed by atoms with E-state index in [2.05, 4.69) is 4.99 Å². The smallest absolute Gasteiger partial charge is 0.293 e. The molecule has 0 heterocycles. The van der Waals surface area contributed by atoms with Gasteiger partial charge in [-0.1, -0.05) is 12.1 Å². The molecule has 4 heteroatoms. The lowest BCUT2D eigenvalue weighted by atomic mass is 10.1. The molecule has 0 spiro atoms. The standard InChI is InChI=1S/C10H10F3N/c1-7(14-2)8-4-3-5-9(6-8)10(11,12)13/h3-6H,1-2H3. The number of aliphatic imine (C=N–C) groups is 1. The Hall–Kier alpha value is -1.32. The van der Waals surface area contributed by atoms with Gasteiger partial charge in [0.15, 0.2) is 0 Å².